The smallest absolute Gasteiger partial charge is 0.144 e. The van der Waals surface area contributed by atoms with E-state index in [4.69, 9.17) is 10.00 Å². The Bertz CT molecular complexity index is 447. The number of aromatic nitrogens is 1. The molecule has 2 heterocycles. The van der Waals surface area contributed by atoms with Gasteiger partial charge in [-0.25, -0.2) is 4.98 Å². The Balaban J connectivity index is 2.08. The van der Waals surface area contributed by atoms with Crippen LogP contribution in [-0.2, 0) is 4.74 Å². The molecule has 1 fully saturated rings. The number of nitrogens with zero attached hydrogens (tertiary/aromatic N) is 2. The molecule has 1 aliphatic heterocycles. The Kier molecular flexibility index (Phi) is 4.16. The van der Waals surface area contributed by atoms with Crippen LogP contribution in [0.15, 0.2) is 12.1 Å². The van der Waals surface area contributed by atoms with Crippen molar-refractivity contribution in [2.24, 2.45) is 5.92 Å². The number of rotatable bonds is 3. The average molecular weight is 245 g/mol. The van der Waals surface area contributed by atoms with Crippen molar-refractivity contribution in [3.05, 3.63) is 23.4 Å². The molecule has 0 aliphatic carbocycles. The Morgan fingerprint density at radius 3 is 2.83 bits per heavy atom. The summed E-state index contributed by atoms with van der Waals surface area (Å²) in [5.41, 5.74) is 1.54. The highest BCUT2D eigenvalue weighted by molar-refractivity contribution is 5.52. The van der Waals surface area contributed by atoms with Crippen LogP contribution in [-0.4, -0.2) is 24.2 Å². The minimum absolute atomic E-state index is 0.315. The molecule has 2 rings (SSSR count). The monoisotopic (exact) mass is 245 g/mol. The summed E-state index contributed by atoms with van der Waals surface area (Å²) in [4.78, 5) is 4.41. The van der Waals surface area contributed by atoms with Gasteiger partial charge in [0.25, 0.3) is 0 Å². The molecule has 0 aromatic carbocycles. The lowest BCUT2D eigenvalue weighted by Gasteiger charge is -2.29. The lowest BCUT2D eigenvalue weighted by Crippen LogP contribution is -2.31. The number of ether oxygens (including phenoxy) is 1. The molecule has 0 amide bonds. The van der Waals surface area contributed by atoms with Crippen molar-refractivity contribution in [1.82, 2.24) is 4.98 Å². The van der Waals surface area contributed by atoms with Crippen LogP contribution in [0, 0.1) is 24.2 Å². The predicted octanol–water partition coefficient (Wildman–Crippen LogP) is 2.49. The van der Waals surface area contributed by atoms with E-state index in [1.165, 1.54) is 0 Å². The van der Waals surface area contributed by atoms with Gasteiger partial charge in [0.2, 0.25) is 0 Å². The lowest BCUT2D eigenvalue weighted by atomic mass is 9.93. The second-order valence-corrected chi connectivity index (χ2v) is 4.84. The first-order chi connectivity index (χ1) is 8.70. The Morgan fingerprint density at radius 1 is 1.44 bits per heavy atom. The van der Waals surface area contributed by atoms with Crippen LogP contribution < -0.4 is 5.32 Å². The maximum absolute atomic E-state index is 9.08. The van der Waals surface area contributed by atoms with Crippen LogP contribution in [0.1, 0.15) is 31.0 Å². The fourth-order valence-electron chi connectivity index (χ4n) is 2.31. The Hall–Kier alpha value is -1.60. The molecule has 1 aromatic rings. The molecular weight excluding hydrogens is 226 g/mol. The van der Waals surface area contributed by atoms with Gasteiger partial charge in [0.1, 0.15) is 11.9 Å². The molecule has 1 aliphatic rings. The van der Waals surface area contributed by atoms with Crippen LogP contribution in [0.4, 0.5) is 5.82 Å². The molecule has 1 saturated heterocycles. The summed E-state index contributed by atoms with van der Waals surface area (Å²) in [7, 11) is 0. The van der Waals surface area contributed by atoms with E-state index in [0.29, 0.717) is 23.3 Å². The van der Waals surface area contributed by atoms with Crippen molar-refractivity contribution < 1.29 is 4.74 Å². The number of nitrogens with one attached hydrogen (secondary N) is 1. The summed E-state index contributed by atoms with van der Waals surface area (Å²) < 4.78 is 5.37. The van der Waals surface area contributed by atoms with Crippen molar-refractivity contribution >= 4 is 5.82 Å². The van der Waals surface area contributed by atoms with E-state index in [1.54, 1.807) is 0 Å². The number of aryl methyl sites for hydroxylation is 1. The second-order valence-electron chi connectivity index (χ2n) is 4.84. The molecular formula is C14H19N3O. The van der Waals surface area contributed by atoms with Crippen LogP contribution in [0.25, 0.3) is 0 Å². The number of hydrogen-bond donors (Lipinski definition) is 1. The quantitative estimate of drug-likeness (QED) is 0.888. The standard InChI is InChI=1S/C14H19N3O/c1-10-3-4-13(9-15)14(16-10)17-11(2)12-5-7-18-8-6-12/h3-4,11-12H,5-8H2,1-2H3,(H,16,17). The van der Waals surface area contributed by atoms with Gasteiger partial charge in [0.05, 0.1) is 5.56 Å². The molecule has 4 heteroatoms. The summed E-state index contributed by atoms with van der Waals surface area (Å²) in [5, 5.41) is 12.5. The molecule has 0 saturated carbocycles. The largest absolute Gasteiger partial charge is 0.381 e. The molecule has 1 unspecified atom stereocenters. The summed E-state index contributed by atoms with van der Waals surface area (Å²) in [6.45, 7) is 5.76. The molecule has 0 bridgehead atoms. The van der Waals surface area contributed by atoms with E-state index in [-0.39, 0.29) is 0 Å². The van der Waals surface area contributed by atoms with Gasteiger partial charge >= 0.3 is 0 Å². The summed E-state index contributed by atoms with van der Waals surface area (Å²) >= 11 is 0. The molecule has 96 valence electrons. The van der Waals surface area contributed by atoms with Gasteiger partial charge < -0.3 is 10.1 Å². The number of anilines is 1. The molecule has 0 spiro atoms. The normalized spacial score (nSPS) is 18.1. The third-order valence-corrected chi connectivity index (χ3v) is 3.49. The fraction of sp³-hybridized carbons (Fsp3) is 0.571. The number of hydrogen-bond acceptors (Lipinski definition) is 4. The number of pyridine rings is 1. The molecule has 4 nitrogen and oxygen atoms in total. The van der Waals surface area contributed by atoms with Crippen molar-refractivity contribution in [2.75, 3.05) is 18.5 Å². The van der Waals surface area contributed by atoms with E-state index >= 15 is 0 Å². The molecule has 1 N–H and O–H groups in total. The summed E-state index contributed by atoms with van der Waals surface area (Å²) in [5.74, 6) is 1.30. The summed E-state index contributed by atoms with van der Waals surface area (Å²) in [6, 6.07) is 6.18. The summed E-state index contributed by atoms with van der Waals surface area (Å²) in [6.07, 6.45) is 2.14. The van der Waals surface area contributed by atoms with Crippen LogP contribution in [0.2, 0.25) is 0 Å². The maximum atomic E-state index is 9.08. The van der Waals surface area contributed by atoms with E-state index in [0.717, 1.165) is 31.7 Å². The topological polar surface area (TPSA) is 57.9 Å². The lowest BCUT2D eigenvalue weighted by molar-refractivity contribution is 0.0622. The minimum atomic E-state index is 0.315. The fourth-order valence-corrected chi connectivity index (χ4v) is 2.31. The first-order valence-corrected chi connectivity index (χ1v) is 6.42. The average Bonchev–Trinajstić information content (AvgIpc) is 2.40. The second kappa shape index (κ2) is 5.83. The molecule has 0 radical (unpaired) electrons. The van der Waals surface area contributed by atoms with Crippen molar-refractivity contribution in [2.45, 2.75) is 32.7 Å². The highest BCUT2D eigenvalue weighted by Gasteiger charge is 2.21. The van der Waals surface area contributed by atoms with E-state index < -0.39 is 0 Å². The van der Waals surface area contributed by atoms with E-state index in [2.05, 4.69) is 23.3 Å². The Labute approximate surface area is 108 Å². The highest BCUT2D eigenvalue weighted by atomic mass is 16.5. The highest BCUT2D eigenvalue weighted by Crippen LogP contribution is 2.22. The zero-order valence-electron chi connectivity index (χ0n) is 10.9. The molecule has 1 aromatic heterocycles. The van der Waals surface area contributed by atoms with Crippen LogP contribution in [0.3, 0.4) is 0 Å². The Morgan fingerprint density at radius 2 is 2.17 bits per heavy atom. The van der Waals surface area contributed by atoms with Gasteiger partial charge in [0.15, 0.2) is 0 Å². The van der Waals surface area contributed by atoms with Crippen LogP contribution >= 0.6 is 0 Å². The van der Waals surface area contributed by atoms with Gasteiger partial charge in [-0.2, -0.15) is 5.26 Å². The van der Waals surface area contributed by atoms with Crippen molar-refractivity contribution in [3.8, 4) is 6.07 Å². The maximum Gasteiger partial charge on any atom is 0.144 e. The van der Waals surface area contributed by atoms with Gasteiger partial charge in [-0.05, 0) is 44.7 Å². The first kappa shape index (κ1) is 12.8. The van der Waals surface area contributed by atoms with Gasteiger partial charge in [-0.15, -0.1) is 0 Å². The SMILES string of the molecule is Cc1ccc(C#N)c(NC(C)C2CCOCC2)n1. The van der Waals surface area contributed by atoms with Crippen molar-refractivity contribution in [1.29, 1.82) is 5.26 Å². The first-order valence-electron chi connectivity index (χ1n) is 6.42. The molecule has 1 atom stereocenters. The zero-order chi connectivity index (χ0) is 13.0. The third kappa shape index (κ3) is 2.99. The van der Waals surface area contributed by atoms with E-state index in [1.807, 2.05) is 19.1 Å². The van der Waals surface area contributed by atoms with Crippen LogP contribution in [0.5, 0.6) is 0 Å². The number of nitriles is 1. The van der Waals surface area contributed by atoms with Crippen molar-refractivity contribution in [3.63, 3.8) is 0 Å². The molecule has 18 heavy (non-hydrogen) atoms. The van der Waals surface area contributed by atoms with Gasteiger partial charge in [-0.1, -0.05) is 0 Å². The third-order valence-electron chi connectivity index (χ3n) is 3.49. The van der Waals surface area contributed by atoms with Gasteiger partial charge in [0, 0.05) is 24.9 Å². The van der Waals surface area contributed by atoms with E-state index in [9.17, 15) is 0 Å². The minimum Gasteiger partial charge on any atom is -0.381 e. The zero-order valence-corrected chi connectivity index (χ0v) is 10.9. The van der Waals surface area contributed by atoms with Gasteiger partial charge in [-0.3, -0.25) is 0 Å². The predicted molar refractivity (Wildman–Crippen MR) is 70.3 cm³/mol.